The summed E-state index contributed by atoms with van der Waals surface area (Å²) in [6.45, 7) is 3.76. The summed E-state index contributed by atoms with van der Waals surface area (Å²) in [5.74, 6) is 2.61. The lowest BCUT2D eigenvalue weighted by atomic mass is 9.66. The van der Waals surface area contributed by atoms with Crippen molar-refractivity contribution in [2.75, 3.05) is 0 Å². The van der Waals surface area contributed by atoms with Crippen LogP contribution in [0.25, 0.3) is 0 Å². The van der Waals surface area contributed by atoms with Gasteiger partial charge < -0.3 is 0 Å². The standard InChI is InChI=1S/C19H26BrF/c1-12-9-17(10-13(2)19(12)21)18(20)16-8-7-14-5-3-4-6-15(14)11-16/h9-10,14-16,18H,3-8,11H2,1-2H3. The van der Waals surface area contributed by atoms with Crippen LogP contribution in [0.3, 0.4) is 0 Å². The molecule has 0 amide bonds. The fourth-order valence-corrected chi connectivity index (χ4v) is 5.33. The van der Waals surface area contributed by atoms with E-state index in [0.29, 0.717) is 10.7 Å². The van der Waals surface area contributed by atoms with Gasteiger partial charge in [0.05, 0.1) is 0 Å². The van der Waals surface area contributed by atoms with E-state index in [2.05, 4.69) is 15.9 Å². The second-order valence-corrected chi connectivity index (χ2v) is 8.23. The van der Waals surface area contributed by atoms with Crippen LogP contribution in [0.2, 0.25) is 0 Å². The molecule has 1 aromatic carbocycles. The lowest BCUT2D eigenvalue weighted by molar-refractivity contribution is 0.129. The molecule has 0 nitrogen and oxygen atoms in total. The number of rotatable bonds is 2. The molecule has 2 aliphatic carbocycles. The average molecular weight is 353 g/mol. The molecule has 0 bridgehead atoms. The zero-order chi connectivity index (χ0) is 15.0. The molecular weight excluding hydrogens is 327 g/mol. The van der Waals surface area contributed by atoms with Crippen molar-refractivity contribution in [3.05, 3.63) is 34.6 Å². The molecule has 3 rings (SSSR count). The molecule has 0 heterocycles. The topological polar surface area (TPSA) is 0 Å². The molecule has 0 N–H and O–H groups in total. The molecule has 4 atom stereocenters. The van der Waals surface area contributed by atoms with Crippen LogP contribution in [-0.4, -0.2) is 0 Å². The number of benzene rings is 1. The largest absolute Gasteiger partial charge is 0.206 e. The number of hydrogen-bond donors (Lipinski definition) is 0. The minimum absolute atomic E-state index is 0.0468. The van der Waals surface area contributed by atoms with E-state index < -0.39 is 0 Å². The monoisotopic (exact) mass is 352 g/mol. The third-order valence-corrected chi connectivity index (χ3v) is 7.05. The smallest absolute Gasteiger partial charge is 0.129 e. The third kappa shape index (κ3) is 3.21. The molecule has 116 valence electrons. The SMILES string of the molecule is Cc1cc(C(Br)C2CCC3CCCCC3C2)cc(C)c1F. The molecule has 2 aliphatic rings. The fraction of sp³-hybridized carbons (Fsp3) is 0.684. The Hall–Kier alpha value is -0.370. The van der Waals surface area contributed by atoms with Gasteiger partial charge in [0.1, 0.15) is 5.82 Å². The molecule has 0 spiro atoms. The van der Waals surface area contributed by atoms with Gasteiger partial charge >= 0.3 is 0 Å². The van der Waals surface area contributed by atoms with Crippen LogP contribution in [0.15, 0.2) is 12.1 Å². The van der Waals surface area contributed by atoms with Gasteiger partial charge in [-0.1, -0.05) is 53.7 Å². The molecule has 0 aliphatic heterocycles. The Bertz CT molecular complexity index is 487. The summed E-state index contributed by atoms with van der Waals surface area (Å²) < 4.78 is 13.8. The molecule has 21 heavy (non-hydrogen) atoms. The van der Waals surface area contributed by atoms with Crippen molar-refractivity contribution in [1.29, 1.82) is 0 Å². The van der Waals surface area contributed by atoms with E-state index in [9.17, 15) is 4.39 Å². The molecule has 1 aromatic rings. The van der Waals surface area contributed by atoms with Crippen LogP contribution in [0, 0.1) is 37.4 Å². The highest BCUT2D eigenvalue weighted by atomic mass is 79.9. The first kappa shape index (κ1) is 15.5. The summed E-state index contributed by atoms with van der Waals surface area (Å²) in [4.78, 5) is 0.387. The van der Waals surface area contributed by atoms with Crippen LogP contribution >= 0.6 is 15.9 Å². The summed E-state index contributed by atoms with van der Waals surface area (Å²) in [6.07, 6.45) is 9.84. The molecule has 2 saturated carbocycles. The van der Waals surface area contributed by atoms with Crippen LogP contribution in [-0.2, 0) is 0 Å². The Kier molecular flexibility index (Phi) is 4.73. The molecule has 2 heteroatoms. The van der Waals surface area contributed by atoms with Crippen LogP contribution in [0.5, 0.6) is 0 Å². The normalized spacial score (nSPS) is 30.8. The van der Waals surface area contributed by atoms with E-state index in [1.807, 2.05) is 26.0 Å². The van der Waals surface area contributed by atoms with Crippen LogP contribution in [0.4, 0.5) is 4.39 Å². The first-order chi connectivity index (χ1) is 10.1. The Morgan fingerprint density at radius 3 is 2.29 bits per heavy atom. The van der Waals surface area contributed by atoms with Crippen molar-refractivity contribution in [3.8, 4) is 0 Å². The summed E-state index contributed by atoms with van der Waals surface area (Å²) in [5.41, 5.74) is 2.83. The van der Waals surface area contributed by atoms with Gasteiger partial charge in [-0.2, -0.15) is 0 Å². The van der Waals surface area contributed by atoms with Gasteiger partial charge in [0.15, 0.2) is 0 Å². The highest BCUT2D eigenvalue weighted by molar-refractivity contribution is 9.09. The Labute approximate surface area is 136 Å². The molecule has 0 saturated heterocycles. The van der Waals surface area contributed by atoms with Crippen molar-refractivity contribution >= 4 is 15.9 Å². The van der Waals surface area contributed by atoms with Gasteiger partial charge in [0, 0.05) is 4.83 Å². The maximum absolute atomic E-state index is 13.8. The van der Waals surface area contributed by atoms with Crippen LogP contribution < -0.4 is 0 Å². The summed E-state index contributed by atoms with van der Waals surface area (Å²) in [6, 6.07) is 4.07. The number of halogens is 2. The number of fused-ring (bicyclic) bond motifs is 1. The predicted octanol–water partition coefficient (Wildman–Crippen LogP) is 6.49. The van der Waals surface area contributed by atoms with E-state index in [1.165, 1.54) is 50.5 Å². The molecule has 0 radical (unpaired) electrons. The van der Waals surface area contributed by atoms with Crippen molar-refractivity contribution in [2.45, 2.75) is 63.6 Å². The Balaban J connectivity index is 1.74. The number of alkyl halides is 1. The molecular formula is C19H26BrF. The molecule has 0 aromatic heterocycles. The Morgan fingerprint density at radius 1 is 1.00 bits per heavy atom. The second kappa shape index (κ2) is 6.40. The number of hydrogen-bond acceptors (Lipinski definition) is 0. The van der Waals surface area contributed by atoms with Crippen molar-refractivity contribution in [1.82, 2.24) is 0 Å². The Morgan fingerprint density at radius 2 is 1.62 bits per heavy atom. The highest BCUT2D eigenvalue weighted by Gasteiger charge is 2.35. The molecule has 2 fully saturated rings. The average Bonchev–Trinajstić information content (AvgIpc) is 2.51. The summed E-state index contributed by atoms with van der Waals surface area (Å²) in [7, 11) is 0. The summed E-state index contributed by atoms with van der Waals surface area (Å²) >= 11 is 3.93. The van der Waals surface area contributed by atoms with Crippen molar-refractivity contribution in [3.63, 3.8) is 0 Å². The second-order valence-electron chi connectivity index (χ2n) is 7.25. The predicted molar refractivity (Wildman–Crippen MR) is 90.3 cm³/mol. The highest BCUT2D eigenvalue weighted by Crippen LogP contribution is 2.48. The zero-order valence-corrected chi connectivity index (χ0v) is 14.8. The van der Waals surface area contributed by atoms with Gasteiger partial charge in [0.2, 0.25) is 0 Å². The molecule has 4 unspecified atom stereocenters. The third-order valence-electron chi connectivity index (χ3n) is 5.77. The van der Waals surface area contributed by atoms with E-state index in [1.54, 1.807) is 0 Å². The van der Waals surface area contributed by atoms with Crippen molar-refractivity contribution in [2.24, 2.45) is 17.8 Å². The first-order valence-corrected chi connectivity index (χ1v) is 9.38. The minimum Gasteiger partial charge on any atom is -0.206 e. The zero-order valence-electron chi connectivity index (χ0n) is 13.2. The lowest BCUT2D eigenvalue weighted by Gasteiger charge is -2.41. The van der Waals surface area contributed by atoms with Gasteiger partial charge in [-0.05, 0) is 67.6 Å². The fourth-order valence-electron chi connectivity index (χ4n) is 4.59. The van der Waals surface area contributed by atoms with E-state index >= 15 is 0 Å². The maximum Gasteiger partial charge on any atom is 0.129 e. The quantitative estimate of drug-likeness (QED) is 0.534. The van der Waals surface area contributed by atoms with Gasteiger partial charge in [0.25, 0.3) is 0 Å². The number of aryl methyl sites for hydroxylation is 2. The first-order valence-electron chi connectivity index (χ1n) is 8.47. The van der Waals surface area contributed by atoms with Crippen LogP contribution in [0.1, 0.15) is 66.5 Å². The van der Waals surface area contributed by atoms with Gasteiger partial charge in [-0.15, -0.1) is 0 Å². The van der Waals surface area contributed by atoms with E-state index in [4.69, 9.17) is 0 Å². The minimum atomic E-state index is -0.0468. The van der Waals surface area contributed by atoms with Gasteiger partial charge in [-0.25, -0.2) is 4.39 Å². The maximum atomic E-state index is 13.8. The lowest BCUT2D eigenvalue weighted by Crippen LogP contribution is -2.29. The summed E-state index contributed by atoms with van der Waals surface area (Å²) in [5, 5.41) is 0. The van der Waals surface area contributed by atoms with E-state index in [0.717, 1.165) is 23.0 Å². The van der Waals surface area contributed by atoms with E-state index in [-0.39, 0.29) is 5.82 Å². The van der Waals surface area contributed by atoms with Gasteiger partial charge in [-0.3, -0.25) is 0 Å². The van der Waals surface area contributed by atoms with Crippen molar-refractivity contribution < 1.29 is 4.39 Å².